The number of rotatable bonds is 5. The highest BCUT2D eigenvalue weighted by Gasteiger charge is 2.33. The van der Waals surface area contributed by atoms with Crippen LogP contribution in [0.4, 0.5) is 5.82 Å². The van der Waals surface area contributed by atoms with Gasteiger partial charge in [0, 0.05) is 30.7 Å². The van der Waals surface area contributed by atoms with Crippen LogP contribution in [-0.2, 0) is 20.7 Å². The molecule has 1 aliphatic heterocycles. The molecular formula is C20H26N5O4S-. The first kappa shape index (κ1) is 22.1. The maximum Gasteiger partial charge on any atom is 0.242 e. The van der Waals surface area contributed by atoms with Crippen molar-refractivity contribution in [2.45, 2.75) is 31.7 Å². The molecule has 0 aliphatic carbocycles. The Labute approximate surface area is 177 Å². The first-order valence-electron chi connectivity index (χ1n) is 9.78. The second-order valence-corrected chi connectivity index (χ2v) is 8.45. The second-order valence-electron chi connectivity index (χ2n) is 7.38. The van der Waals surface area contributed by atoms with E-state index in [2.05, 4.69) is 10.3 Å². The molecule has 2 heterocycles. The number of nitrogens with two attached hydrogens (primary N) is 1. The predicted octanol–water partition coefficient (Wildman–Crippen LogP) is 0.251. The molecule has 3 rings (SSSR count). The number of hydrogen-bond donors (Lipinski definition) is 2. The van der Waals surface area contributed by atoms with E-state index in [1.54, 1.807) is 0 Å². The lowest BCUT2D eigenvalue weighted by molar-refractivity contribution is -0.133. The van der Waals surface area contributed by atoms with Crippen molar-refractivity contribution in [2.24, 2.45) is 5.73 Å². The molecular weight excluding hydrogens is 406 g/mol. The molecule has 1 aromatic heterocycles. The minimum absolute atomic E-state index is 0.175. The molecule has 2 aromatic rings. The summed E-state index contributed by atoms with van der Waals surface area (Å²) in [6, 6.07) is 7.77. The average Bonchev–Trinajstić information content (AvgIpc) is 2.91. The summed E-state index contributed by atoms with van der Waals surface area (Å²) < 4.78 is 23.8. The van der Waals surface area contributed by atoms with Crippen LogP contribution in [0.2, 0.25) is 0 Å². The number of hydrogen-bond acceptors (Lipinski definition) is 7. The van der Waals surface area contributed by atoms with Gasteiger partial charge < -0.3 is 25.4 Å². The van der Waals surface area contributed by atoms with E-state index < -0.39 is 28.3 Å². The number of carbonyl (C=O) groups excluding carboxylic acids is 2. The smallest absolute Gasteiger partial charge is 0.242 e. The fourth-order valence-electron chi connectivity index (χ4n) is 3.80. The Bertz CT molecular complexity index is 969. The Morgan fingerprint density at radius 1 is 1.33 bits per heavy atom. The van der Waals surface area contributed by atoms with Crippen molar-refractivity contribution in [3.8, 4) is 0 Å². The Balaban J connectivity index is 1.90. The molecule has 1 aromatic carbocycles. The van der Waals surface area contributed by atoms with Crippen LogP contribution in [-0.4, -0.2) is 68.1 Å². The van der Waals surface area contributed by atoms with E-state index in [4.69, 9.17) is 5.73 Å². The topological polar surface area (TPSA) is 132 Å². The van der Waals surface area contributed by atoms with Crippen LogP contribution >= 0.6 is 0 Å². The number of pyridine rings is 1. The molecule has 1 aliphatic rings. The van der Waals surface area contributed by atoms with Crippen molar-refractivity contribution in [1.82, 2.24) is 15.2 Å². The molecule has 30 heavy (non-hydrogen) atoms. The summed E-state index contributed by atoms with van der Waals surface area (Å²) in [6.45, 7) is 4.03. The number of nitrogens with zero attached hydrogens (tertiary/aromatic N) is 3. The van der Waals surface area contributed by atoms with Crippen LogP contribution in [0.3, 0.4) is 0 Å². The van der Waals surface area contributed by atoms with Crippen molar-refractivity contribution < 1.29 is 18.4 Å². The molecule has 2 unspecified atom stereocenters. The number of benzene rings is 1. The Hall–Kier alpha value is -2.56. The van der Waals surface area contributed by atoms with Crippen molar-refractivity contribution in [3.05, 3.63) is 36.0 Å². The maximum atomic E-state index is 12.7. The van der Waals surface area contributed by atoms with Crippen LogP contribution in [0.1, 0.15) is 18.9 Å². The van der Waals surface area contributed by atoms with E-state index in [0.717, 1.165) is 22.2 Å². The molecule has 162 valence electrons. The van der Waals surface area contributed by atoms with Crippen molar-refractivity contribution in [2.75, 3.05) is 31.1 Å². The standard InChI is InChI=1S/C20H27N5O4S/c1-13-10-23-20(16-6-4-3-5-15(13)16)24-8-7-19(30(28)29)25(12-14(24)2)18(27)11-22-17(26)9-21/h3-6,10,14,19H,7-9,11-12,21H2,1-2H3,(H,22,26)(H,28,29)/p-1/t14?,19-/m0/s1. The molecule has 1 saturated heterocycles. The minimum Gasteiger partial charge on any atom is -0.771 e. The van der Waals surface area contributed by atoms with E-state index in [1.165, 1.54) is 4.90 Å². The van der Waals surface area contributed by atoms with Crippen molar-refractivity contribution in [1.29, 1.82) is 0 Å². The number of aromatic nitrogens is 1. The molecule has 10 heteroatoms. The molecule has 9 nitrogen and oxygen atoms in total. The van der Waals surface area contributed by atoms with Crippen LogP contribution in [0.5, 0.6) is 0 Å². The van der Waals surface area contributed by atoms with Crippen LogP contribution in [0.15, 0.2) is 30.5 Å². The number of amides is 2. The van der Waals surface area contributed by atoms with Crippen LogP contribution < -0.4 is 16.0 Å². The zero-order valence-corrected chi connectivity index (χ0v) is 17.9. The number of nitrogens with one attached hydrogen (secondary N) is 1. The highest BCUT2D eigenvalue weighted by Crippen LogP contribution is 2.30. The molecule has 3 atom stereocenters. The highest BCUT2D eigenvalue weighted by atomic mass is 32.2. The second kappa shape index (κ2) is 9.50. The summed E-state index contributed by atoms with van der Waals surface area (Å²) in [5.41, 5.74) is 6.31. The third-order valence-corrected chi connectivity index (χ3v) is 6.30. The summed E-state index contributed by atoms with van der Waals surface area (Å²) in [5.74, 6) is -0.158. The first-order chi connectivity index (χ1) is 14.3. The van der Waals surface area contributed by atoms with Crippen molar-refractivity contribution in [3.63, 3.8) is 0 Å². The summed E-state index contributed by atoms with van der Waals surface area (Å²) in [6.07, 6.45) is 2.05. The number of carbonyl (C=O) groups is 2. The highest BCUT2D eigenvalue weighted by molar-refractivity contribution is 7.79. The summed E-state index contributed by atoms with van der Waals surface area (Å²) in [5, 5.41) is 3.51. The van der Waals surface area contributed by atoms with Crippen molar-refractivity contribution >= 4 is 39.5 Å². The maximum absolute atomic E-state index is 12.7. The van der Waals surface area contributed by atoms with Gasteiger partial charge >= 0.3 is 0 Å². The van der Waals surface area contributed by atoms with Crippen LogP contribution in [0, 0.1) is 6.92 Å². The lowest BCUT2D eigenvalue weighted by Gasteiger charge is -2.33. The Morgan fingerprint density at radius 2 is 2.03 bits per heavy atom. The minimum atomic E-state index is -2.48. The third-order valence-electron chi connectivity index (χ3n) is 5.37. The SMILES string of the molecule is Cc1cnc(N2CC[C@H](S(=O)[O-])N(C(=O)CNC(=O)CN)CC2C)c2ccccc12. The Kier molecular flexibility index (Phi) is 7.01. The molecule has 0 spiro atoms. The van der Waals surface area contributed by atoms with Gasteiger partial charge in [-0.15, -0.1) is 0 Å². The van der Waals surface area contributed by atoms with E-state index in [1.807, 2.05) is 49.2 Å². The zero-order chi connectivity index (χ0) is 21.8. The van der Waals surface area contributed by atoms with Gasteiger partial charge in [-0.3, -0.25) is 13.8 Å². The predicted molar refractivity (Wildman–Crippen MR) is 114 cm³/mol. The monoisotopic (exact) mass is 432 g/mol. The van der Waals surface area contributed by atoms with Gasteiger partial charge in [0.15, 0.2) is 0 Å². The summed E-state index contributed by atoms with van der Waals surface area (Å²) in [4.78, 5) is 32.1. The van der Waals surface area contributed by atoms with Gasteiger partial charge in [0.25, 0.3) is 0 Å². The molecule has 2 amide bonds. The molecule has 0 radical (unpaired) electrons. The van der Waals surface area contributed by atoms with Gasteiger partial charge in [-0.2, -0.15) is 0 Å². The van der Waals surface area contributed by atoms with E-state index in [-0.39, 0.29) is 32.1 Å². The van der Waals surface area contributed by atoms with Gasteiger partial charge in [-0.25, -0.2) is 4.98 Å². The van der Waals surface area contributed by atoms with E-state index in [9.17, 15) is 18.4 Å². The fraction of sp³-hybridized carbons (Fsp3) is 0.450. The normalized spacial score (nSPS) is 20.7. The van der Waals surface area contributed by atoms with Gasteiger partial charge in [-0.1, -0.05) is 24.3 Å². The number of anilines is 1. The largest absolute Gasteiger partial charge is 0.771 e. The van der Waals surface area contributed by atoms with Gasteiger partial charge in [-0.05, 0) is 42.3 Å². The fourth-order valence-corrected chi connectivity index (χ4v) is 4.51. The van der Waals surface area contributed by atoms with Gasteiger partial charge in [0.05, 0.1) is 18.5 Å². The Morgan fingerprint density at radius 3 is 2.70 bits per heavy atom. The summed E-state index contributed by atoms with van der Waals surface area (Å²) >= 11 is -2.48. The van der Waals surface area contributed by atoms with Crippen LogP contribution in [0.25, 0.3) is 10.8 Å². The molecule has 0 bridgehead atoms. The molecule has 3 N–H and O–H groups in total. The quantitative estimate of drug-likeness (QED) is 0.647. The third kappa shape index (κ3) is 4.61. The van der Waals surface area contributed by atoms with Gasteiger partial charge in [0.2, 0.25) is 11.8 Å². The summed E-state index contributed by atoms with van der Waals surface area (Å²) in [7, 11) is 0. The lowest BCUT2D eigenvalue weighted by Crippen LogP contribution is -2.50. The van der Waals surface area contributed by atoms with E-state index >= 15 is 0 Å². The average molecular weight is 433 g/mol. The lowest BCUT2D eigenvalue weighted by atomic mass is 10.1. The molecule has 1 fully saturated rings. The van der Waals surface area contributed by atoms with Gasteiger partial charge in [0.1, 0.15) is 5.82 Å². The number of fused-ring (bicyclic) bond motifs is 1. The van der Waals surface area contributed by atoms with E-state index in [0.29, 0.717) is 6.54 Å². The number of aryl methyl sites for hydroxylation is 1. The first-order valence-corrected chi connectivity index (χ1v) is 10.9. The zero-order valence-electron chi connectivity index (χ0n) is 17.0. The molecule has 0 saturated carbocycles.